The van der Waals surface area contributed by atoms with Gasteiger partial charge in [-0.05, 0) is 31.4 Å². The molecule has 1 aromatic carbocycles. The van der Waals surface area contributed by atoms with Gasteiger partial charge in [-0.15, -0.1) is 0 Å². The van der Waals surface area contributed by atoms with Gasteiger partial charge in [-0.1, -0.05) is 18.2 Å². The van der Waals surface area contributed by atoms with E-state index in [1.807, 2.05) is 11.8 Å². The highest BCUT2D eigenvalue weighted by atomic mass is 19.1. The molecular weight excluding hydrogens is 321 g/mol. The van der Waals surface area contributed by atoms with Crippen molar-refractivity contribution in [3.63, 3.8) is 0 Å². The molecular formula is C19H22FN3O2. The van der Waals surface area contributed by atoms with Gasteiger partial charge in [0.2, 0.25) is 0 Å². The van der Waals surface area contributed by atoms with E-state index in [4.69, 9.17) is 0 Å². The fourth-order valence-electron chi connectivity index (χ4n) is 3.43. The van der Waals surface area contributed by atoms with E-state index in [1.54, 1.807) is 37.6 Å². The Labute approximate surface area is 146 Å². The summed E-state index contributed by atoms with van der Waals surface area (Å²) in [7, 11) is 1.70. The largest absolute Gasteiger partial charge is 0.349 e. The molecule has 1 aromatic heterocycles. The van der Waals surface area contributed by atoms with E-state index in [1.165, 1.54) is 10.6 Å². The minimum atomic E-state index is -0.335. The summed E-state index contributed by atoms with van der Waals surface area (Å²) in [5, 5.41) is 0. The third-order valence-electron chi connectivity index (χ3n) is 4.92. The molecule has 1 aliphatic heterocycles. The number of aromatic nitrogens is 2. The van der Waals surface area contributed by atoms with Gasteiger partial charge in [0.05, 0.1) is 0 Å². The van der Waals surface area contributed by atoms with Crippen molar-refractivity contribution in [3.05, 3.63) is 58.4 Å². The standard InChI is InChI=1S/C19H22FN3O2/c1-13-11-15(17(24)12-14-5-3-4-6-16(14)20)7-9-23(13)18-19(25)22(2)10-8-21-18/h3-6,8,10,13,15H,7,9,11-12H2,1-2H3/t13-,15-/m0/s1. The molecule has 0 saturated carbocycles. The Hall–Kier alpha value is -2.50. The van der Waals surface area contributed by atoms with Crippen LogP contribution in [0.15, 0.2) is 41.5 Å². The van der Waals surface area contributed by atoms with Crippen molar-refractivity contribution in [2.75, 3.05) is 11.4 Å². The molecule has 2 aromatic rings. The lowest BCUT2D eigenvalue weighted by atomic mass is 9.86. The first kappa shape index (κ1) is 17.3. The molecule has 2 atom stereocenters. The molecule has 6 heteroatoms. The predicted octanol–water partition coefficient (Wildman–Crippen LogP) is 2.34. The van der Waals surface area contributed by atoms with Gasteiger partial charge in [-0.3, -0.25) is 9.59 Å². The normalized spacial score (nSPS) is 20.5. The quantitative estimate of drug-likeness (QED) is 0.855. The second-order valence-electron chi connectivity index (χ2n) is 6.67. The molecule has 2 heterocycles. The van der Waals surface area contributed by atoms with Gasteiger partial charge in [0.1, 0.15) is 11.6 Å². The topological polar surface area (TPSA) is 55.2 Å². The number of aryl methyl sites for hydroxylation is 1. The van der Waals surface area contributed by atoms with E-state index in [-0.39, 0.29) is 35.5 Å². The Balaban J connectivity index is 1.69. The van der Waals surface area contributed by atoms with Crippen molar-refractivity contribution >= 4 is 11.6 Å². The first-order chi connectivity index (χ1) is 12.0. The number of anilines is 1. The van der Waals surface area contributed by atoms with E-state index in [0.717, 1.165) is 0 Å². The van der Waals surface area contributed by atoms with Crippen molar-refractivity contribution in [3.8, 4) is 0 Å². The van der Waals surface area contributed by atoms with Crippen LogP contribution in [0.25, 0.3) is 0 Å². The highest BCUT2D eigenvalue weighted by Gasteiger charge is 2.31. The fourth-order valence-corrected chi connectivity index (χ4v) is 3.43. The monoisotopic (exact) mass is 343 g/mol. The summed E-state index contributed by atoms with van der Waals surface area (Å²) in [6.07, 6.45) is 4.65. The Bertz CT molecular complexity index is 833. The molecule has 0 spiro atoms. The van der Waals surface area contributed by atoms with Crippen LogP contribution in [-0.4, -0.2) is 27.9 Å². The van der Waals surface area contributed by atoms with Gasteiger partial charge < -0.3 is 9.47 Å². The van der Waals surface area contributed by atoms with Crippen LogP contribution in [-0.2, 0) is 18.3 Å². The highest BCUT2D eigenvalue weighted by molar-refractivity contribution is 5.83. The van der Waals surface area contributed by atoms with E-state index in [9.17, 15) is 14.0 Å². The van der Waals surface area contributed by atoms with Gasteiger partial charge in [-0.2, -0.15) is 0 Å². The number of hydrogen-bond donors (Lipinski definition) is 0. The summed E-state index contributed by atoms with van der Waals surface area (Å²) in [6, 6.07) is 6.44. The van der Waals surface area contributed by atoms with Crippen LogP contribution in [0.2, 0.25) is 0 Å². The zero-order valence-corrected chi connectivity index (χ0v) is 14.5. The van der Waals surface area contributed by atoms with Gasteiger partial charge in [0, 0.05) is 44.4 Å². The average Bonchev–Trinajstić information content (AvgIpc) is 2.59. The summed E-state index contributed by atoms with van der Waals surface area (Å²) < 4.78 is 15.3. The SMILES string of the molecule is C[C@H]1C[C@@H](C(=O)Cc2ccccc2F)CCN1c1nccn(C)c1=O. The van der Waals surface area contributed by atoms with Crippen molar-refractivity contribution in [2.45, 2.75) is 32.2 Å². The summed E-state index contributed by atoms with van der Waals surface area (Å²) in [5.74, 6) is 0.0414. The Kier molecular flexibility index (Phi) is 4.97. The average molecular weight is 343 g/mol. The summed E-state index contributed by atoms with van der Waals surface area (Å²) in [6.45, 7) is 2.59. The smallest absolute Gasteiger partial charge is 0.293 e. The van der Waals surface area contributed by atoms with Crippen LogP contribution >= 0.6 is 0 Å². The van der Waals surface area contributed by atoms with Crippen LogP contribution in [0.1, 0.15) is 25.3 Å². The van der Waals surface area contributed by atoms with Gasteiger partial charge in [0.15, 0.2) is 5.82 Å². The number of nitrogens with zero attached hydrogens (tertiary/aromatic N) is 3. The van der Waals surface area contributed by atoms with Crippen LogP contribution in [0.5, 0.6) is 0 Å². The van der Waals surface area contributed by atoms with E-state index >= 15 is 0 Å². The maximum Gasteiger partial charge on any atom is 0.293 e. The molecule has 1 saturated heterocycles. The van der Waals surface area contributed by atoms with Crippen molar-refractivity contribution < 1.29 is 9.18 Å². The number of rotatable bonds is 4. The Morgan fingerprint density at radius 3 is 2.84 bits per heavy atom. The zero-order chi connectivity index (χ0) is 18.0. The zero-order valence-electron chi connectivity index (χ0n) is 14.5. The fraction of sp³-hybridized carbons (Fsp3) is 0.421. The first-order valence-electron chi connectivity index (χ1n) is 8.51. The van der Waals surface area contributed by atoms with Gasteiger partial charge in [-0.25, -0.2) is 9.37 Å². The lowest BCUT2D eigenvalue weighted by Crippen LogP contribution is -2.46. The molecule has 0 bridgehead atoms. The lowest BCUT2D eigenvalue weighted by Gasteiger charge is -2.37. The number of halogens is 1. The molecule has 132 valence electrons. The number of Topliss-reactive ketones (excluding diaryl/α,β-unsaturated/α-hetero) is 1. The number of carbonyl (C=O) groups excluding carboxylic acids is 1. The number of benzene rings is 1. The molecule has 0 amide bonds. The molecule has 1 fully saturated rings. The summed E-state index contributed by atoms with van der Waals surface area (Å²) in [5.41, 5.74) is 0.312. The Morgan fingerprint density at radius 2 is 2.12 bits per heavy atom. The van der Waals surface area contributed by atoms with Crippen molar-refractivity contribution in [2.24, 2.45) is 13.0 Å². The second kappa shape index (κ2) is 7.17. The number of piperidine rings is 1. The van der Waals surface area contributed by atoms with Crippen LogP contribution in [0.3, 0.4) is 0 Å². The van der Waals surface area contributed by atoms with E-state index < -0.39 is 0 Å². The number of carbonyl (C=O) groups is 1. The predicted molar refractivity (Wildman–Crippen MR) is 94.1 cm³/mol. The van der Waals surface area contributed by atoms with Gasteiger partial charge >= 0.3 is 0 Å². The minimum Gasteiger partial charge on any atom is -0.349 e. The maximum absolute atomic E-state index is 13.8. The summed E-state index contributed by atoms with van der Waals surface area (Å²) in [4.78, 5) is 31.0. The molecule has 5 nitrogen and oxygen atoms in total. The third kappa shape index (κ3) is 3.62. The number of ketones is 1. The maximum atomic E-state index is 13.8. The first-order valence-corrected chi connectivity index (χ1v) is 8.51. The summed E-state index contributed by atoms with van der Waals surface area (Å²) >= 11 is 0. The molecule has 1 aliphatic rings. The van der Waals surface area contributed by atoms with Crippen molar-refractivity contribution in [1.29, 1.82) is 0 Å². The molecule has 0 N–H and O–H groups in total. The van der Waals surface area contributed by atoms with E-state index in [0.29, 0.717) is 30.8 Å². The number of hydrogen-bond acceptors (Lipinski definition) is 4. The minimum absolute atomic E-state index is 0.0333. The molecule has 0 radical (unpaired) electrons. The van der Waals surface area contributed by atoms with Crippen molar-refractivity contribution in [1.82, 2.24) is 9.55 Å². The van der Waals surface area contributed by atoms with Gasteiger partial charge in [0.25, 0.3) is 5.56 Å². The third-order valence-corrected chi connectivity index (χ3v) is 4.92. The molecule has 0 aliphatic carbocycles. The lowest BCUT2D eigenvalue weighted by molar-refractivity contribution is -0.123. The second-order valence-corrected chi connectivity index (χ2v) is 6.67. The molecule has 0 unspecified atom stereocenters. The molecule has 25 heavy (non-hydrogen) atoms. The van der Waals surface area contributed by atoms with Crippen LogP contribution in [0.4, 0.5) is 10.2 Å². The molecule has 3 rings (SSSR count). The van der Waals surface area contributed by atoms with Crippen LogP contribution in [0, 0.1) is 11.7 Å². The van der Waals surface area contributed by atoms with Crippen LogP contribution < -0.4 is 10.5 Å². The Morgan fingerprint density at radius 1 is 1.36 bits per heavy atom. The highest BCUT2D eigenvalue weighted by Crippen LogP contribution is 2.27. The van der Waals surface area contributed by atoms with E-state index in [2.05, 4.69) is 4.98 Å².